The SMILES string of the molecule is C=C(C(=O)O)C(CC(O)CO)=C(C)C. The summed E-state index contributed by atoms with van der Waals surface area (Å²) in [6.45, 7) is 6.51. The van der Waals surface area contributed by atoms with Crippen LogP contribution in [0.3, 0.4) is 0 Å². The summed E-state index contributed by atoms with van der Waals surface area (Å²) in [4.78, 5) is 10.6. The summed E-state index contributed by atoms with van der Waals surface area (Å²) in [6.07, 6.45) is -0.819. The molecule has 1 atom stereocenters. The Morgan fingerprint density at radius 3 is 2.21 bits per heavy atom. The fourth-order valence-corrected chi connectivity index (χ4v) is 1.06. The molecule has 14 heavy (non-hydrogen) atoms. The molecule has 0 heterocycles. The van der Waals surface area contributed by atoms with Crippen LogP contribution in [0.2, 0.25) is 0 Å². The first-order valence-corrected chi connectivity index (χ1v) is 4.28. The summed E-state index contributed by atoms with van der Waals surface area (Å²) in [7, 11) is 0. The fourth-order valence-electron chi connectivity index (χ4n) is 1.06. The van der Waals surface area contributed by atoms with Crippen LogP contribution in [-0.4, -0.2) is 34.0 Å². The molecule has 0 fully saturated rings. The van der Waals surface area contributed by atoms with Crippen molar-refractivity contribution in [3.05, 3.63) is 23.3 Å². The zero-order valence-corrected chi connectivity index (χ0v) is 8.45. The molecular weight excluding hydrogens is 184 g/mol. The van der Waals surface area contributed by atoms with Crippen molar-refractivity contribution in [1.29, 1.82) is 0 Å². The van der Waals surface area contributed by atoms with E-state index < -0.39 is 12.1 Å². The van der Waals surface area contributed by atoms with Crippen LogP contribution in [0.25, 0.3) is 0 Å². The van der Waals surface area contributed by atoms with Crippen molar-refractivity contribution in [3.63, 3.8) is 0 Å². The van der Waals surface area contributed by atoms with E-state index in [0.717, 1.165) is 5.57 Å². The van der Waals surface area contributed by atoms with Gasteiger partial charge in [-0.05, 0) is 19.4 Å². The van der Waals surface area contributed by atoms with Gasteiger partial charge in [0.2, 0.25) is 0 Å². The number of aliphatic hydroxyl groups excluding tert-OH is 2. The molecule has 0 aromatic rings. The highest BCUT2D eigenvalue weighted by Gasteiger charge is 2.15. The van der Waals surface area contributed by atoms with Crippen LogP contribution in [0.15, 0.2) is 23.3 Å². The molecule has 4 heteroatoms. The zero-order chi connectivity index (χ0) is 11.3. The molecule has 0 aliphatic heterocycles. The van der Waals surface area contributed by atoms with E-state index in [9.17, 15) is 9.90 Å². The van der Waals surface area contributed by atoms with E-state index in [2.05, 4.69) is 6.58 Å². The summed E-state index contributed by atoms with van der Waals surface area (Å²) in [5.41, 5.74) is 1.24. The van der Waals surface area contributed by atoms with Gasteiger partial charge in [-0.2, -0.15) is 0 Å². The molecule has 0 aromatic carbocycles. The van der Waals surface area contributed by atoms with Crippen molar-refractivity contribution in [2.75, 3.05) is 6.61 Å². The smallest absolute Gasteiger partial charge is 0.335 e. The van der Waals surface area contributed by atoms with E-state index in [1.165, 1.54) is 0 Å². The monoisotopic (exact) mass is 200 g/mol. The zero-order valence-electron chi connectivity index (χ0n) is 8.45. The average molecular weight is 200 g/mol. The lowest BCUT2D eigenvalue weighted by Gasteiger charge is -2.13. The molecule has 0 saturated carbocycles. The Labute approximate surface area is 83.2 Å². The van der Waals surface area contributed by atoms with Crippen LogP contribution in [0.1, 0.15) is 20.3 Å². The predicted molar refractivity (Wildman–Crippen MR) is 52.9 cm³/mol. The maximum Gasteiger partial charge on any atom is 0.335 e. The minimum Gasteiger partial charge on any atom is -0.478 e. The Balaban J connectivity index is 4.74. The van der Waals surface area contributed by atoms with Gasteiger partial charge in [-0.15, -0.1) is 0 Å². The summed E-state index contributed by atoms with van der Waals surface area (Å²) in [5.74, 6) is -1.11. The molecule has 0 aliphatic carbocycles. The third-order valence-corrected chi connectivity index (χ3v) is 1.88. The van der Waals surface area contributed by atoms with Gasteiger partial charge in [0.15, 0.2) is 0 Å². The second-order valence-corrected chi connectivity index (χ2v) is 3.30. The number of carbonyl (C=O) groups is 1. The lowest BCUT2D eigenvalue weighted by Crippen LogP contribution is -2.16. The van der Waals surface area contributed by atoms with E-state index in [-0.39, 0.29) is 18.6 Å². The van der Waals surface area contributed by atoms with Crippen LogP contribution in [0.5, 0.6) is 0 Å². The van der Waals surface area contributed by atoms with Gasteiger partial charge in [-0.25, -0.2) is 4.79 Å². The summed E-state index contributed by atoms with van der Waals surface area (Å²) < 4.78 is 0. The van der Waals surface area contributed by atoms with E-state index in [1.807, 2.05) is 0 Å². The molecule has 80 valence electrons. The Bertz CT molecular complexity index is 261. The second-order valence-electron chi connectivity index (χ2n) is 3.30. The van der Waals surface area contributed by atoms with Crippen LogP contribution in [0.4, 0.5) is 0 Å². The summed E-state index contributed by atoms with van der Waals surface area (Å²) in [5, 5.41) is 26.5. The normalized spacial score (nSPS) is 12.0. The van der Waals surface area contributed by atoms with Crippen molar-refractivity contribution < 1.29 is 20.1 Å². The first-order valence-electron chi connectivity index (χ1n) is 4.28. The molecule has 0 saturated heterocycles. The lowest BCUT2D eigenvalue weighted by molar-refractivity contribution is -0.132. The number of allylic oxidation sites excluding steroid dienone is 1. The van der Waals surface area contributed by atoms with Gasteiger partial charge < -0.3 is 15.3 Å². The van der Waals surface area contributed by atoms with E-state index in [0.29, 0.717) is 5.57 Å². The summed E-state index contributed by atoms with van der Waals surface area (Å²) >= 11 is 0. The standard InChI is InChI=1S/C10H16O4/c1-6(2)9(4-8(12)5-11)7(3)10(13)14/h8,11-12H,3-5H2,1-2H3,(H,13,14). The Kier molecular flexibility index (Phi) is 5.12. The van der Waals surface area contributed by atoms with Crippen molar-refractivity contribution >= 4 is 5.97 Å². The topological polar surface area (TPSA) is 77.8 Å². The second kappa shape index (κ2) is 5.57. The highest BCUT2D eigenvalue weighted by atomic mass is 16.4. The number of rotatable bonds is 5. The Morgan fingerprint density at radius 1 is 1.43 bits per heavy atom. The minimum atomic E-state index is -1.11. The first kappa shape index (κ1) is 12.9. The molecule has 3 N–H and O–H groups in total. The molecule has 0 amide bonds. The van der Waals surface area contributed by atoms with Gasteiger partial charge in [-0.1, -0.05) is 12.2 Å². The van der Waals surface area contributed by atoms with E-state index in [4.69, 9.17) is 10.2 Å². The third kappa shape index (κ3) is 3.72. The fraction of sp³-hybridized carbons (Fsp3) is 0.500. The first-order chi connectivity index (χ1) is 6.40. The minimum absolute atomic E-state index is 0.0301. The highest BCUT2D eigenvalue weighted by Crippen LogP contribution is 2.19. The number of hydrogen-bond acceptors (Lipinski definition) is 3. The number of carboxylic acid groups (broad SMARTS) is 1. The van der Waals surface area contributed by atoms with Gasteiger partial charge in [0.05, 0.1) is 18.3 Å². The number of aliphatic hydroxyl groups is 2. The maximum absolute atomic E-state index is 10.6. The Morgan fingerprint density at radius 2 is 1.93 bits per heavy atom. The number of carboxylic acids is 1. The quantitative estimate of drug-likeness (QED) is 0.451. The lowest BCUT2D eigenvalue weighted by atomic mass is 9.97. The molecule has 0 radical (unpaired) electrons. The van der Waals surface area contributed by atoms with Crippen molar-refractivity contribution in [3.8, 4) is 0 Å². The van der Waals surface area contributed by atoms with Crippen LogP contribution >= 0.6 is 0 Å². The predicted octanol–water partition coefficient (Wildman–Crippen LogP) is 0.707. The van der Waals surface area contributed by atoms with E-state index in [1.54, 1.807) is 13.8 Å². The molecule has 0 bridgehead atoms. The molecular formula is C10H16O4. The van der Waals surface area contributed by atoms with Gasteiger partial charge >= 0.3 is 5.97 Å². The van der Waals surface area contributed by atoms with Gasteiger partial charge in [0.1, 0.15) is 0 Å². The highest BCUT2D eigenvalue weighted by molar-refractivity contribution is 5.91. The Hall–Kier alpha value is -1.13. The van der Waals surface area contributed by atoms with Crippen molar-refractivity contribution in [2.45, 2.75) is 26.4 Å². The van der Waals surface area contributed by atoms with Crippen LogP contribution in [-0.2, 0) is 4.79 Å². The molecule has 1 unspecified atom stereocenters. The van der Waals surface area contributed by atoms with Crippen LogP contribution < -0.4 is 0 Å². The van der Waals surface area contributed by atoms with E-state index >= 15 is 0 Å². The van der Waals surface area contributed by atoms with Gasteiger partial charge in [0, 0.05) is 6.42 Å². The van der Waals surface area contributed by atoms with Crippen molar-refractivity contribution in [2.24, 2.45) is 0 Å². The number of aliphatic carboxylic acids is 1. The third-order valence-electron chi connectivity index (χ3n) is 1.88. The largest absolute Gasteiger partial charge is 0.478 e. The van der Waals surface area contributed by atoms with Gasteiger partial charge in [0.25, 0.3) is 0 Å². The maximum atomic E-state index is 10.6. The average Bonchev–Trinajstić information content (AvgIpc) is 2.11. The van der Waals surface area contributed by atoms with Gasteiger partial charge in [-0.3, -0.25) is 0 Å². The molecule has 0 aromatic heterocycles. The molecule has 4 nitrogen and oxygen atoms in total. The molecule has 0 spiro atoms. The van der Waals surface area contributed by atoms with Crippen LogP contribution in [0, 0.1) is 0 Å². The molecule has 0 rings (SSSR count). The van der Waals surface area contributed by atoms with Crippen molar-refractivity contribution in [1.82, 2.24) is 0 Å². The summed E-state index contributed by atoms with van der Waals surface area (Å²) in [6, 6.07) is 0. The number of hydrogen-bond donors (Lipinski definition) is 3. The molecule has 0 aliphatic rings.